The zero-order valence-corrected chi connectivity index (χ0v) is 17.7. The Labute approximate surface area is 181 Å². The van der Waals surface area contributed by atoms with Gasteiger partial charge in [0.25, 0.3) is 0 Å². The molecule has 2 aromatic carbocycles. The second-order valence-corrected chi connectivity index (χ2v) is 8.32. The lowest BCUT2D eigenvalue weighted by Gasteiger charge is -2.17. The van der Waals surface area contributed by atoms with Gasteiger partial charge in [-0.05, 0) is 41.8 Å². The van der Waals surface area contributed by atoms with Gasteiger partial charge in [0, 0.05) is 55.7 Å². The van der Waals surface area contributed by atoms with E-state index in [1.807, 2.05) is 31.7 Å². The molecule has 0 aliphatic carbocycles. The Hall–Kier alpha value is -3.26. The van der Waals surface area contributed by atoms with Crippen LogP contribution in [0.3, 0.4) is 0 Å². The van der Waals surface area contributed by atoms with Crippen LogP contribution >= 0.6 is 0 Å². The van der Waals surface area contributed by atoms with Crippen LogP contribution in [0, 0.1) is 0 Å². The van der Waals surface area contributed by atoms with Crippen LogP contribution in [0.2, 0.25) is 0 Å². The SMILES string of the molecule is Bc1ccc2nc(Nc3cc(CN4CC[C@H](F)C4)cc(-c4cnn(C)c4)c3)ncc2c1. The molecule has 1 N–H and O–H groups in total. The maximum atomic E-state index is 13.7. The van der Waals surface area contributed by atoms with Crippen LogP contribution in [-0.4, -0.2) is 51.8 Å². The first-order valence-electron chi connectivity index (χ1n) is 10.5. The van der Waals surface area contributed by atoms with Crippen LogP contribution < -0.4 is 10.8 Å². The van der Waals surface area contributed by atoms with E-state index in [0.29, 0.717) is 25.5 Å². The van der Waals surface area contributed by atoms with Crippen LogP contribution in [-0.2, 0) is 13.6 Å². The first kappa shape index (κ1) is 19.7. The molecule has 1 aliphatic heterocycles. The summed E-state index contributed by atoms with van der Waals surface area (Å²) >= 11 is 0. The number of alkyl halides is 1. The van der Waals surface area contributed by atoms with Gasteiger partial charge in [-0.1, -0.05) is 17.6 Å². The molecule has 0 saturated carbocycles. The summed E-state index contributed by atoms with van der Waals surface area (Å²) in [5, 5.41) is 8.68. The molecule has 0 bridgehead atoms. The second-order valence-electron chi connectivity index (χ2n) is 8.32. The Balaban J connectivity index is 1.47. The highest BCUT2D eigenvalue weighted by Gasteiger charge is 2.22. The zero-order valence-electron chi connectivity index (χ0n) is 17.7. The number of aryl methyl sites for hydroxylation is 1. The minimum atomic E-state index is -0.728. The number of hydrogen-bond donors (Lipinski definition) is 1. The summed E-state index contributed by atoms with van der Waals surface area (Å²) in [6, 6.07) is 12.5. The first-order valence-corrected chi connectivity index (χ1v) is 10.5. The van der Waals surface area contributed by atoms with Gasteiger partial charge in [-0.15, -0.1) is 0 Å². The van der Waals surface area contributed by atoms with Gasteiger partial charge in [-0.3, -0.25) is 9.58 Å². The highest BCUT2D eigenvalue weighted by atomic mass is 19.1. The molecule has 2 aromatic heterocycles. The van der Waals surface area contributed by atoms with Gasteiger partial charge in [-0.2, -0.15) is 5.10 Å². The molecule has 6 nitrogen and oxygen atoms in total. The summed E-state index contributed by atoms with van der Waals surface area (Å²) in [5.41, 5.74) is 6.20. The molecule has 0 amide bonds. The van der Waals surface area contributed by atoms with Crippen molar-refractivity contribution >= 4 is 35.8 Å². The highest BCUT2D eigenvalue weighted by Crippen LogP contribution is 2.28. The molecule has 4 aromatic rings. The molecule has 0 unspecified atom stereocenters. The number of likely N-dealkylation sites (tertiary alicyclic amines) is 1. The third-order valence-electron chi connectivity index (χ3n) is 5.64. The number of rotatable bonds is 5. The van der Waals surface area contributed by atoms with E-state index in [4.69, 9.17) is 0 Å². The number of aromatic nitrogens is 4. The fourth-order valence-corrected chi connectivity index (χ4v) is 4.12. The Kier molecular flexibility index (Phi) is 5.15. The molecular formula is C23H24BFN6. The van der Waals surface area contributed by atoms with Gasteiger partial charge in [-0.25, -0.2) is 14.4 Å². The summed E-state index contributed by atoms with van der Waals surface area (Å²) < 4.78 is 15.5. The Morgan fingerprint density at radius 1 is 1.16 bits per heavy atom. The average Bonchev–Trinajstić information content (AvgIpc) is 3.36. The number of halogens is 1. The van der Waals surface area contributed by atoms with Crippen molar-refractivity contribution in [1.29, 1.82) is 0 Å². The maximum Gasteiger partial charge on any atom is 0.227 e. The van der Waals surface area contributed by atoms with Crippen molar-refractivity contribution in [2.75, 3.05) is 18.4 Å². The molecule has 31 heavy (non-hydrogen) atoms. The van der Waals surface area contributed by atoms with Crippen LogP contribution in [0.4, 0.5) is 16.0 Å². The number of nitrogens with zero attached hydrogens (tertiary/aromatic N) is 5. The number of hydrogen-bond acceptors (Lipinski definition) is 5. The predicted molar refractivity (Wildman–Crippen MR) is 124 cm³/mol. The van der Waals surface area contributed by atoms with Gasteiger partial charge in [0.2, 0.25) is 5.95 Å². The fourth-order valence-electron chi connectivity index (χ4n) is 4.12. The van der Waals surface area contributed by atoms with Gasteiger partial charge in [0.05, 0.1) is 11.7 Å². The standard InChI is InChI=1S/C23H24BFN6/c1-30-13-18(11-27-30)16-6-15(12-31-5-4-20(25)14-31)7-21(9-16)28-23-26-10-17-8-19(24)2-3-22(17)29-23/h2-3,6-11,13,20H,4-5,12,14,24H2,1H3,(H,26,28,29)/t20-/m0/s1. The summed E-state index contributed by atoms with van der Waals surface area (Å²) in [4.78, 5) is 11.3. The predicted octanol–water partition coefficient (Wildman–Crippen LogP) is 2.58. The van der Waals surface area contributed by atoms with Crippen LogP contribution in [0.15, 0.2) is 55.0 Å². The summed E-state index contributed by atoms with van der Waals surface area (Å²) in [7, 11) is 3.96. The van der Waals surface area contributed by atoms with Gasteiger partial charge in [0.1, 0.15) is 14.0 Å². The molecule has 1 saturated heterocycles. The van der Waals surface area contributed by atoms with E-state index in [-0.39, 0.29) is 0 Å². The Morgan fingerprint density at radius 3 is 2.84 bits per heavy atom. The average molecular weight is 414 g/mol. The number of anilines is 2. The molecule has 1 fully saturated rings. The summed E-state index contributed by atoms with van der Waals surface area (Å²) in [6.07, 6.45) is 5.57. The topological polar surface area (TPSA) is 58.9 Å². The van der Waals surface area contributed by atoms with E-state index >= 15 is 0 Å². The molecule has 0 spiro atoms. The molecule has 156 valence electrons. The van der Waals surface area contributed by atoms with Crippen molar-refractivity contribution in [3.05, 3.63) is 60.6 Å². The number of nitrogens with one attached hydrogen (secondary N) is 1. The lowest BCUT2D eigenvalue weighted by molar-refractivity contribution is 0.282. The van der Waals surface area contributed by atoms with Crippen molar-refractivity contribution in [1.82, 2.24) is 24.6 Å². The molecule has 0 radical (unpaired) electrons. The van der Waals surface area contributed by atoms with E-state index in [9.17, 15) is 4.39 Å². The first-order chi connectivity index (χ1) is 15.0. The third kappa shape index (κ3) is 4.44. The van der Waals surface area contributed by atoms with Crippen molar-refractivity contribution in [3.8, 4) is 11.1 Å². The third-order valence-corrected chi connectivity index (χ3v) is 5.64. The minimum absolute atomic E-state index is 0.493. The molecule has 3 heterocycles. The van der Waals surface area contributed by atoms with Gasteiger partial charge >= 0.3 is 0 Å². The molecule has 8 heteroatoms. The largest absolute Gasteiger partial charge is 0.324 e. The monoisotopic (exact) mass is 414 g/mol. The van der Waals surface area contributed by atoms with E-state index in [1.165, 1.54) is 5.46 Å². The van der Waals surface area contributed by atoms with E-state index in [2.05, 4.69) is 63.5 Å². The second kappa shape index (κ2) is 8.11. The van der Waals surface area contributed by atoms with Gasteiger partial charge < -0.3 is 5.32 Å². The fraction of sp³-hybridized carbons (Fsp3) is 0.261. The van der Waals surface area contributed by atoms with E-state index in [1.54, 1.807) is 4.68 Å². The van der Waals surface area contributed by atoms with E-state index < -0.39 is 6.17 Å². The van der Waals surface area contributed by atoms with Crippen molar-refractivity contribution in [2.24, 2.45) is 7.05 Å². The molecule has 1 aliphatic rings. The summed E-state index contributed by atoms with van der Waals surface area (Å²) in [5.74, 6) is 0.552. The van der Waals surface area contributed by atoms with Crippen molar-refractivity contribution in [2.45, 2.75) is 19.1 Å². The Morgan fingerprint density at radius 2 is 2.06 bits per heavy atom. The van der Waals surface area contributed by atoms with E-state index in [0.717, 1.165) is 39.8 Å². The quantitative estimate of drug-likeness (QED) is 0.509. The minimum Gasteiger partial charge on any atom is -0.324 e. The molecular weight excluding hydrogens is 390 g/mol. The maximum absolute atomic E-state index is 13.7. The Bertz CT molecular complexity index is 1240. The normalized spacial score (nSPS) is 16.8. The number of benzene rings is 2. The summed E-state index contributed by atoms with van der Waals surface area (Å²) in [6.45, 7) is 1.99. The lowest BCUT2D eigenvalue weighted by atomic mass is 9.95. The van der Waals surface area contributed by atoms with Gasteiger partial charge in [0.15, 0.2) is 0 Å². The van der Waals surface area contributed by atoms with Crippen molar-refractivity contribution in [3.63, 3.8) is 0 Å². The zero-order chi connectivity index (χ0) is 21.4. The molecule has 1 atom stereocenters. The highest BCUT2D eigenvalue weighted by molar-refractivity contribution is 6.33. The number of fused-ring (bicyclic) bond motifs is 1. The van der Waals surface area contributed by atoms with Crippen LogP contribution in [0.5, 0.6) is 0 Å². The lowest BCUT2D eigenvalue weighted by Crippen LogP contribution is -2.20. The van der Waals surface area contributed by atoms with Crippen LogP contribution in [0.1, 0.15) is 12.0 Å². The van der Waals surface area contributed by atoms with Crippen LogP contribution in [0.25, 0.3) is 22.0 Å². The molecule has 5 rings (SSSR count). The smallest absolute Gasteiger partial charge is 0.227 e. The van der Waals surface area contributed by atoms with Crippen molar-refractivity contribution < 1.29 is 4.39 Å².